The van der Waals surface area contributed by atoms with E-state index in [1.807, 2.05) is 30.3 Å². The number of nitrogens with one attached hydrogen (secondary N) is 3. The lowest BCUT2D eigenvalue weighted by molar-refractivity contribution is -0.119. The SMILES string of the molecule is COc1ccc(C(CNC(C)=O)(NCCC2CCNCC2)c2ccncc2)cc1OC. The van der Waals surface area contributed by atoms with E-state index in [1.54, 1.807) is 33.5 Å². The number of ether oxygens (including phenoxy) is 2. The van der Waals surface area contributed by atoms with Gasteiger partial charge in [-0.15, -0.1) is 0 Å². The van der Waals surface area contributed by atoms with Gasteiger partial charge in [-0.25, -0.2) is 0 Å². The van der Waals surface area contributed by atoms with Gasteiger partial charge in [0.05, 0.1) is 19.8 Å². The average molecular weight is 427 g/mol. The maximum Gasteiger partial charge on any atom is 0.216 e. The Morgan fingerprint density at radius 3 is 2.45 bits per heavy atom. The molecule has 1 amide bonds. The Bertz CT molecular complexity index is 840. The second-order valence-electron chi connectivity index (χ2n) is 8.03. The van der Waals surface area contributed by atoms with Crippen molar-refractivity contribution in [2.75, 3.05) is 40.4 Å². The van der Waals surface area contributed by atoms with Gasteiger partial charge >= 0.3 is 0 Å². The molecule has 7 nitrogen and oxygen atoms in total. The Labute approximate surface area is 184 Å². The molecular weight excluding hydrogens is 392 g/mol. The summed E-state index contributed by atoms with van der Waals surface area (Å²) in [6, 6.07) is 9.91. The minimum atomic E-state index is -0.624. The van der Waals surface area contributed by atoms with E-state index in [1.165, 1.54) is 12.8 Å². The van der Waals surface area contributed by atoms with Crippen molar-refractivity contribution in [3.63, 3.8) is 0 Å². The van der Waals surface area contributed by atoms with E-state index >= 15 is 0 Å². The first-order chi connectivity index (χ1) is 15.1. The minimum absolute atomic E-state index is 0.0703. The third-order valence-electron chi connectivity index (χ3n) is 6.09. The molecule has 0 radical (unpaired) electrons. The van der Waals surface area contributed by atoms with Gasteiger partial charge in [-0.05, 0) is 80.2 Å². The fourth-order valence-electron chi connectivity index (χ4n) is 4.29. The number of carbonyl (C=O) groups excluding carboxylic acids is 1. The highest BCUT2D eigenvalue weighted by Crippen LogP contribution is 2.36. The Hall–Kier alpha value is -2.64. The molecule has 7 heteroatoms. The Morgan fingerprint density at radius 2 is 1.81 bits per heavy atom. The summed E-state index contributed by atoms with van der Waals surface area (Å²) in [5, 5.41) is 10.3. The van der Waals surface area contributed by atoms with Gasteiger partial charge in [0.25, 0.3) is 0 Å². The van der Waals surface area contributed by atoms with E-state index in [-0.39, 0.29) is 5.91 Å². The lowest BCUT2D eigenvalue weighted by Gasteiger charge is -2.37. The van der Waals surface area contributed by atoms with Crippen LogP contribution < -0.4 is 25.4 Å². The van der Waals surface area contributed by atoms with Gasteiger partial charge in [0.2, 0.25) is 5.91 Å². The van der Waals surface area contributed by atoms with Gasteiger partial charge < -0.3 is 25.4 Å². The molecule has 1 atom stereocenters. The number of pyridine rings is 1. The molecule has 0 saturated carbocycles. The molecule has 3 N–H and O–H groups in total. The van der Waals surface area contributed by atoms with Gasteiger partial charge in [-0.3, -0.25) is 9.78 Å². The van der Waals surface area contributed by atoms with Crippen LogP contribution in [0.1, 0.15) is 37.3 Å². The highest BCUT2D eigenvalue weighted by molar-refractivity contribution is 5.73. The number of carbonyl (C=O) groups is 1. The maximum absolute atomic E-state index is 11.9. The molecule has 0 bridgehead atoms. The van der Waals surface area contributed by atoms with E-state index in [4.69, 9.17) is 9.47 Å². The molecule has 168 valence electrons. The third kappa shape index (κ3) is 5.74. The van der Waals surface area contributed by atoms with Crippen molar-refractivity contribution in [3.05, 3.63) is 53.9 Å². The predicted octanol–water partition coefficient (Wildman–Crippen LogP) is 2.46. The number of hydrogen-bond acceptors (Lipinski definition) is 6. The van der Waals surface area contributed by atoms with E-state index < -0.39 is 5.54 Å². The van der Waals surface area contributed by atoms with Crippen LogP contribution in [0.5, 0.6) is 11.5 Å². The van der Waals surface area contributed by atoms with Crippen LogP contribution in [-0.2, 0) is 10.3 Å². The first kappa shape index (κ1) is 23.0. The molecule has 1 unspecified atom stereocenters. The second-order valence-corrected chi connectivity index (χ2v) is 8.03. The Kier molecular flexibility index (Phi) is 8.26. The molecule has 31 heavy (non-hydrogen) atoms. The van der Waals surface area contributed by atoms with Crippen LogP contribution >= 0.6 is 0 Å². The molecule has 0 aliphatic carbocycles. The third-order valence-corrected chi connectivity index (χ3v) is 6.09. The summed E-state index contributed by atoms with van der Waals surface area (Å²) in [4.78, 5) is 16.1. The van der Waals surface area contributed by atoms with E-state index in [9.17, 15) is 4.79 Å². The molecule has 2 aromatic rings. The molecule has 1 aromatic carbocycles. The zero-order valence-electron chi connectivity index (χ0n) is 18.7. The minimum Gasteiger partial charge on any atom is -0.493 e. The number of hydrogen-bond donors (Lipinski definition) is 3. The van der Waals surface area contributed by atoms with Crippen LogP contribution in [0, 0.1) is 5.92 Å². The van der Waals surface area contributed by atoms with Crippen LogP contribution in [0.4, 0.5) is 0 Å². The number of rotatable bonds is 10. The summed E-state index contributed by atoms with van der Waals surface area (Å²) in [5.41, 5.74) is 1.41. The number of methoxy groups -OCH3 is 2. The van der Waals surface area contributed by atoms with Crippen molar-refractivity contribution in [1.82, 2.24) is 20.9 Å². The summed E-state index contributed by atoms with van der Waals surface area (Å²) >= 11 is 0. The summed E-state index contributed by atoms with van der Waals surface area (Å²) in [6.45, 7) is 4.96. The molecular formula is C24H34N4O3. The lowest BCUT2D eigenvalue weighted by Crippen LogP contribution is -2.52. The van der Waals surface area contributed by atoms with Crippen molar-refractivity contribution in [1.29, 1.82) is 0 Å². The van der Waals surface area contributed by atoms with Crippen molar-refractivity contribution in [2.45, 2.75) is 31.7 Å². The summed E-state index contributed by atoms with van der Waals surface area (Å²) in [5.74, 6) is 1.96. The second kappa shape index (κ2) is 11.1. The lowest BCUT2D eigenvalue weighted by atomic mass is 9.82. The van der Waals surface area contributed by atoms with Gasteiger partial charge in [-0.2, -0.15) is 0 Å². The quantitative estimate of drug-likeness (QED) is 0.541. The van der Waals surface area contributed by atoms with Crippen molar-refractivity contribution in [3.8, 4) is 11.5 Å². The van der Waals surface area contributed by atoms with Crippen LogP contribution in [0.3, 0.4) is 0 Å². The van der Waals surface area contributed by atoms with Crippen LogP contribution in [0.15, 0.2) is 42.7 Å². The number of aromatic nitrogens is 1. The molecule has 3 rings (SSSR count). The Balaban J connectivity index is 1.97. The summed E-state index contributed by atoms with van der Waals surface area (Å²) in [6.07, 6.45) is 7.06. The van der Waals surface area contributed by atoms with Crippen molar-refractivity contribution < 1.29 is 14.3 Å². The molecule has 1 fully saturated rings. The topological polar surface area (TPSA) is 84.5 Å². The van der Waals surface area contributed by atoms with Gasteiger partial charge in [0.1, 0.15) is 0 Å². The van der Waals surface area contributed by atoms with Gasteiger partial charge in [0.15, 0.2) is 11.5 Å². The summed E-state index contributed by atoms with van der Waals surface area (Å²) < 4.78 is 11.0. The smallest absolute Gasteiger partial charge is 0.216 e. The normalized spacial score (nSPS) is 16.4. The first-order valence-corrected chi connectivity index (χ1v) is 10.9. The molecule has 1 aliphatic heterocycles. The predicted molar refractivity (Wildman–Crippen MR) is 121 cm³/mol. The van der Waals surface area contributed by atoms with E-state index in [2.05, 4.69) is 20.9 Å². The average Bonchev–Trinajstić information content (AvgIpc) is 2.82. The summed E-state index contributed by atoms with van der Waals surface area (Å²) in [7, 11) is 3.26. The van der Waals surface area contributed by atoms with Gasteiger partial charge in [0, 0.05) is 25.9 Å². The fraction of sp³-hybridized carbons (Fsp3) is 0.500. The highest BCUT2D eigenvalue weighted by atomic mass is 16.5. The monoisotopic (exact) mass is 426 g/mol. The zero-order chi connectivity index (χ0) is 22.1. The zero-order valence-corrected chi connectivity index (χ0v) is 18.7. The van der Waals surface area contributed by atoms with Crippen molar-refractivity contribution in [2.24, 2.45) is 5.92 Å². The molecule has 1 aromatic heterocycles. The first-order valence-electron chi connectivity index (χ1n) is 10.9. The number of amides is 1. The Morgan fingerprint density at radius 1 is 1.10 bits per heavy atom. The van der Waals surface area contributed by atoms with Crippen LogP contribution in [0.25, 0.3) is 0 Å². The maximum atomic E-state index is 11.9. The van der Waals surface area contributed by atoms with Crippen molar-refractivity contribution >= 4 is 5.91 Å². The van der Waals surface area contributed by atoms with Crippen LogP contribution in [-0.4, -0.2) is 51.3 Å². The molecule has 2 heterocycles. The van der Waals surface area contributed by atoms with E-state index in [0.717, 1.165) is 37.2 Å². The largest absolute Gasteiger partial charge is 0.493 e. The fourth-order valence-corrected chi connectivity index (χ4v) is 4.29. The van der Waals surface area contributed by atoms with Gasteiger partial charge in [-0.1, -0.05) is 6.07 Å². The van der Waals surface area contributed by atoms with Crippen LogP contribution in [0.2, 0.25) is 0 Å². The molecule has 1 saturated heterocycles. The number of piperidine rings is 1. The number of benzene rings is 1. The molecule has 0 spiro atoms. The standard InChI is InChI=1S/C24H34N4O3/c1-18(29)27-17-24(20-9-13-26-14-10-20,28-15-8-19-6-11-25-12-7-19)21-4-5-22(30-2)23(16-21)31-3/h4-5,9-10,13-14,16,19,25,28H,6-8,11-12,15,17H2,1-3H3,(H,27,29). The number of nitrogens with zero attached hydrogens (tertiary/aromatic N) is 1. The van der Waals surface area contributed by atoms with E-state index in [0.29, 0.717) is 24.0 Å². The molecule has 1 aliphatic rings. The highest BCUT2D eigenvalue weighted by Gasteiger charge is 2.35.